The summed E-state index contributed by atoms with van der Waals surface area (Å²) in [7, 11) is 0. The summed E-state index contributed by atoms with van der Waals surface area (Å²) in [5.41, 5.74) is 3.80. The van der Waals surface area contributed by atoms with Crippen LogP contribution in [0, 0.1) is 13.8 Å². The van der Waals surface area contributed by atoms with E-state index in [0.717, 1.165) is 0 Å². The molecule has 104 valence electrons. The Labute approximate surface area is 125 Å². The zero-order chi connectivity index (χ0) is 14.7. The number of hydrogen-bond acceptors (Lipinski definition) is 0. The normalized spacial score (nSPS) is 10.8. The maximum atomic E-state index is 2.23. The number of pyridine rings is 2. The number of aromatic nitrogens is 2. The predicted molar refractivity (Wildman–Crippen MR) is 82.7 cm³/mol. The Kier molecular flexibility index (Phi) is 3.78. The molecule has 2 heteroatoms. The summed E-state index contributed by atoms with van der Waals surface area (Å²) in [6, 6.07) is 19.2. The topological polar surface area (TPSA) is 7.76 Å². The number of aryl methyl sites for hydroxylation is 2. The van der Waals surface area contributed by atoms with Crippen LogP contribution in [0.15, 0.2) is 79.4 Å². The van der Waals surface area contributed by atoms with E-state index in [-0.39, 0.29) is 6.17 Å². The summed E-state index contributed by atoms with van der Waals surface area (Å²) in [6.07, 6.45) is 8.69. The molecule has 0 aliphatic rings. The monoisotopic (exact) mass is 276 g/mol. The average molecular weight is 276 g/mol. The molecule has 2 nitrogen and oxygen atoms in total. The molecule has 3 aromatic rings. The van der Waals surface area contributed by atoms with Gasteiger partial charge in [-0.1, -0.05) is 18.2 Å². The molecule has 0 aliphatic carbocycles. The maximum Gasteiger partial charge on any atom is 0.379 e. The Morgan fingerprint density at radius 2 is 1.05 bits per heavy atom. The van der Waals surface area contributed by atoms with Crippen molar-refractivity contribution in [1.82, 2.24) is 0 Å². The fourth-order valence-corrected chi connectivity index (χ4v) is 2.47. The van der Waals surface area contributed by atoms with Crippen molar-refractivity contribution in [3.8, 4) is 0 Å². The van der Waals surface area contributed by atoms with Crippen molar-refractivity contribution in [2.75, 3.05) is 0 Å². The van der Waals surface area contributed by atoms with Crippen LogP contribution in [-0.2, 0) is 0 Å². The summed E-state index contributed by atoms with van der Waals surface area (Å²) < 4.78 is 4.47. The highest BCUT2D eigenvalue weighted by molar-refractivity contribution is 5.16. The molecular weight excluding hydrogens is 256 g/mol. The minimum absolute atomic E-state index is 0.132. The first kappa shape index (κ1) is 13.5. The van der Waals surface area contributed by atoms with E-state index in [1.165, 1.54) is 16.7 Å². The highest BCUT2D eigenvalue weighted by Gasteiger charge is 2.29. The van der Waals surface area contributed by atoms with Crippen LogP contribution in [0.4, 0.5) is 0 Å². The van der Waals surface area contributed by atoms with E-state index in [0.29, 0.717) is 0 Å². The Balaban J connectivity index is 2.11. The lowest BCUT2D eigenvalue weighted by molar-refractivity contribution is -0.934. The molecule has 1 aromatic carbocycles. The number of nitrogens with zero attached hydrogens (tertiary/aromatic N) is 2. The van der Waals surface area contributed by atoms with E-state index in [1.807, 2.05) is 0 Å². The molecule has 0 radical (unpaired) electrons. The van der Waals surface area contributed by atoms with Crippen molar-refractivity contribution in [1.29, 1.82) is 0 Å². The van der Waals surface area contributed by atoms with Crippen LogP contribution >= 0.6 is 0 Å². The van der Waals surface area contributed by atoms with Gasteiger partial charge in [-0.3, -0.25) is 0 Å². The molecule has 0 aliphatic heterocycles. The first-order valence-corrected chi connectivity index (χ1v) is 7.24. The molecule has 0 N–H and O–H groups in total. The number of rotatable bonds is 3. The highest BCUT2D eigenvalue weighted by atomic mass is 15.2. The van der Waals surface area contributed by atoms with Gasteiger partial charge in [0.25, 0.3) is 0 Å². The molecule has 0 fully saturated rings. The largest absolute Gasteiger partial charge is 0.379 e. The van der Waals surface area contributed by atoms with Crippen molar-refractivity contribution in [3.05, 3.63) is 96.1 Å². The lowest BCUT2D eigenvalue weighted by Gasteiger charge is -2.08. The van der Waals surface area contributed by atoms with E-state index in [9.17, 15) is 0 Å². The van der Waals surface area contributed by atoms with Crippen molar-refractivity contribution in [3.63, 3.8) is 0 Å². The third-order valence-corrected chi connectivity index (χ3v) is 3.70. The second-order valence-corrected chi connectivity index (χ2v) is 5.43. The Morgan fingerprint density at radius 1 is 0.619 bits per heavy atom. The molecule has 0 atom stereocenters. The van der Waals surface area contributed by atoms with Crippen LogP contribution in [0.25, 0.3) is 0 Å². The van der Waals surface area contributed by atoms with E-state index in [4.69, 9.17) is 0 Å². The first-order valence-electron chi connectivity index (χ1n) is 7.24. The van der Waals surface area contributed by atoms with Crippen LogP contribution in [0.2, 0.25) is 0 Å². The molecule has 0 unspecified atom stereocenters. The summed E-state index contributed by atoms with van der Waals surface area (Å²) in [5, 5.41) is 0. The smallest absolute Gasteiger partial charge is 0.140 e. The SMILES string of the molecule is Cc1cc[n+](C(c2ccccc2)[n+]2ccc(C)cc2)cc1. The summed E-state index contributed by atoms with van der Waals surface area (Å²) >= 11 is 0. The zero-order valence-corrected chi connectivity index (χ0v) is 12.5. The second kappa shape index (κ2) is 5.88. The third-order valence-electron chi connectivity index (χ3n) is 3.70. The van der Waals surface area contributed by atoms with Crippen molar-refractivity contribution < 1.29 is 9.13 Å². The van der Waals surface area contributed by atoms with Crippen LogP contribution in [0.3, 0.4) is 0 Å². The molecule has 0 saturated heterocycles. The zero-order valence-electron chi connectivity index (χ0n) is 12.5. The molecule has 2 heterocycles. The van der Waals surface area contributed by atoms with Gasteiger partial charge >= 0.3 is 6.17 Å². The lowest BCUT2D eigenvalue weighted by atomic mass is 10.1. The van der Waals surface area contributed by atoms with Gasteiger partial charge in [0, 0.05) is 24.3 Å². The van der Waals surface area contributed by atoms with Crippen LogP contribution < -0.4 is 9.13 Å². The molecule has 3 rings (SSSR count). The lowest BCUT2D eigenvalue weighted by Crippen LogP contribution is -2.57. The number of hydrogen-bond donors (Lipinski definition) is 0. The van der Waals surface area contributed by atoms with Gasteiger partial charge in [0.1, 0.15) is 0 Å². The van der Waals surface area contributed by atoms with Crippen LogP contribution in [0.1, 0.15) is 22.9 Å². The Hall–Kier alpha value is -2.48. The minimum atomic E-state index is 0.132. The molecule has 0 amide bonds. The fourth-order valence-electron chi connectivity index (χ4n) is 2.47. The van der Waals surface area contributed by atoms with Crippen LogP contribution in [0.5, 0.6) is 0 Å². The van der Waals surface area contributed by atoms with E-state index in [2.05, 4.69) is 102 Å². The van der Waals surface area contributed by atoms with Gasteiger partial charge in [0.05, 0.1) is 5.56 Å². The average Bonchev–Trinajstić information content (AvgIpc) is 2.52. The van der Waals surface area contributed by atoms with Crippen LogP contribution in [-0.4, -0.2) is 0 Å². The third kappa shape index (κ3) is 3.00. The fraction of sp³-hybridized carbons (Fsp3) is 0.158. The second-order valence-electron chi connectivity index (χ2n) is 5.43. The Bertz CT molecular complexity index is 655. The molecule has 2 aromatic heterocycles. The van der Waals surface area contributed by atoms with Gasteiger partial charge in [0.2, 0.25) is 0 Å². The van der Waals surface area contributed by atoms with Crippen molar-refractivity contribution in [2.24, 2.45) is 0 Å². The maximum absolute atomic E-state index is 2.23. The highest BCUT2D eigenvalue weighted by Crippen LogP contribution is 2.09. The first-order chi connectivity index (χ1) is 10.2. The van der Waals surface area contributed by atoms with E-state index >= 15 is 0 Å². The van der Waals surface area contributed by atoms with E-state index in [1.54, 1.807) is 0 Å². The summed E-state index contributed by atoms with van der Waals surface area (Å²) in [4.78, 5) is 0. The van der Waals surface area contributed by atoms with Gasteiger partial charge < -0.3 is 0 Å². The minimum Gasteiger partial charge on any atom is -0.140 e. The molecular formula is C19H20N2+2. The number of benzene rings is 1. The Morgan fingerprint density at radius 3 is 1.48 bits per heavy atom. The molecule has 21 heavy (non-hydrogen) atoms. The van der Waals surface area contributed by atoms with Gasteiger partial charge in [0.15, 0.2) is 24.8 Å². The standard InChI is InChI=1S/C19H20N2/c1-16-8-12-20(13-9-16)19(18-6-4-3-5-7-18)21-14-10-17(2)11-15-21/h3-15,19H,1-2H3/q+2. The predicted octanol–water partition coefficient (Wildman–Crippen LogP) is 2.97. The van der Waals surface area contributed by atoms with E-state index < -0.39 is 0 Å². The molecule has 0 spiro atoms. The van der Waals surface area contributed by atoms with Gasteiger partial charge in [-0.15, -0.1) is 9.13 Å². The summed E-state index contributed by atoms with van der Waals surface area (Å²) in [5.74, 6) is 0. The van der Waals surface area contributed by atoms with Gasteiger partial charge in [-0.2, -0.15) is 0 Å². The van der Waals surface area contributed by atoms with Crippen molar-refractivity contribution in [2.45, 2.75) is 20.0 Å². The van der Waals surface area contributed by atoms with Crippen molar-refractivity contribution >= 4 is 0 Å². The quantitative estimate of drug-likeness (QED) is 0.650. The molecule has 0 bridgehead atoms. The summed E-state index contributed by atoms with van der Waals surface area (Å²) in [6.45, 7) is 4.22. The van der Waals surface area contributed by atoms with Gasteiger partial charge in [-0.05, 0) is 37.1 Å². The van der Waals surface area contributed by atoms with Gasteiger partial charge in [-0.25, -0.2) is 0 Å². The molecule has 0 saturated carbocycles.